The number of rotatable bonds is 24. The fraction of sp³-hybridized carbons (Fsp3) is 0.0286. The number of phenolic OH excluding ortho intramolecular Hbond substituents is 3. The van der Waals surface area contributed by atoms with Crippen molar-refractivity contribution in [3.63, 3.8) is 0 Å². The van der Waals surface area contributed by atoms with Gasteiger partial charge in [-0.1, -0.05) is 65.8 Å². The molecule has 0 saturated carbocycles. The zero-order valence-electron chi connectivity index (χ0n) is 57.9. The second-order valence-electron chi connectivity index (χ2n) is 23.1. The molecular weight excluding hydrogens is 1630 g/mol. The first-order valence-electron chi connectivity index (χ1n) is 31.7. The van der Waals surface area contributed by atoms with Crippen molar-refractivity contribution >= 4 is 164 Å². The first-order valence-corrected chi connectivity index (χ1v) is 37.4. The van der Waals surface area contributed by atoms with Crippen LogP contribution in [0.3, 0.4) is 0 Å². The topological polar surface area (TPSA) is 624 Å². The number of nitrogens with one attached hydrogen (secondary N) is 2. The predicted octanol–water partition coefficient (Wildman–Crippen LogP) is 16.8. The molecule has 12 aromatic carbocycles. The van der Waals surface area contributed by atoms with Crippen LogP contribution in [0.25, 0.3) is 21.5 Å². The maximum Gasteiger partial charge on any atom is 3.00 e. The minimum Gasteiger partial charge on any atom is -0.871 e. The Labute approximate surface area is 657 Å². The molecule has 40 nitrogen and oxygen atoms in total. The number of phenols is 3. The maximum absolute atomic E-state index is 13.7. The van der Waals surface area contributed by atoms with Gasteiger partial charge >= 0.3 is 17.1 Å². The Morgan fingerprint density at radius 2 is 0.748 bits per heavy atom. The summed E-state index contributed by atoms with van der Waals surface area (Å²) in [5.74, 6) is -5.21. The number of hydrogen-bond donors (Lipinski definition) is 9. The normalized spacial score (nSPS) is 12.1. The molecule has 115 heavy (non-hydrogen) atoms. The van der Waals surface area contributed by atoms with Gasteiger partial charge in [0.2, 0.25) is 0 Å². The molecule has 0 heterocycles. The number of non-ortho nitro benzene ring substituents is 2. The van der Waals surface area contributed by atoms with Crippen molar-refractivity contribution in [2.45, 2.75) is 19.6 Å². The van der Waals surface area contributed by atoms with Gasteiger partial charge in [-0.05, 0) is 121 Å². The van der Waals surface area contributed by atoms with Crippen molar-refractivity contribution in [2.24, 2.45) is 61.4 Å². The summed E-state index contributed by atoms with van der Waals surface area (Å²) in [5.41, 5.74) is -4.89. The van der Waals surface area contributed by atoms with Crippen molar-refractivity contribution in [1.29, 1.82) is 0 Å². The van der Waals surface area contributed by atoms with Crippen molar-refractivity contribution < 1.29 is 119 Å². The van der Waals surface area contributed by atoms with Gasteiger partial charge in [-0.15, -0.1) is 25.6 Å². The van der Waals surface area contributed by atoms with E-state index in [1.165, 1.54) is 44.6 Å². The van der Waals surface area contributed by atoms with E-state index in [1.807, 2.05) is 0 Å². The first-order chi connectivity index (χ1) is 54.1. The van der Waals surface area contributed by atoms with E-state index in [-0.39, 0.29) is 67.7 Å². The van der Waals surface area contributed by atoms with E-state index in [1.54, 1.807) is 103 Å². The van der Waals surface area contributed by atoms with Gasteiger partial charge in [0, 0.05) is 69.3 Å². The molecule has 0 amide bonds. The number of fused-ring (bicyclic) bond motifs is 2. The minimum absolute atomic E-state index is 0. The van der Waals surface area contributed by atoms with Gasteiger partial charge in [-0.25, -0.2) is 0 Å². The zero-order valence-corrected chi connectivity index (χ0v) is 62.3. The fourth-order valence-electron chi connectivity index (χ4n) is 10.4. The van der Waals surface area contributed by atoms with Gasteiger partial charge in [0.25, 0.3) is 51.8 Å². The van der Waals surface area contributed by atoms with Crippen LogP contribution in [0, 0.1) is 20.2 Å². The van der Waals surface area contributed by atoms with E-state index in [4.69, 9.17) is 9.47 Å². The van der Waals surface area contributed by atoms with Crippen molar-refractivity contribution in [3.05, 3.63) is 226 Å². The van der Waals surface area contributed by atoms with E-state index in [0.29, 0.717) is 34.9 Å². The molecule has 0 fully saturated rings. The molecular formula is C70H49FeN16O24S4. The average Bonchev–Trinajstić information content (AvgIpc) is 0.760. The number of nitrogens with zero attached hydrogens (tertiary/aromatic N) is 14. The third kappa shape index (κ3) is 19.5. The Bertz CT molecular complexity index is 6560. The zero-order chi connectivity index (χ0) is 82.1. The van der Waals surface area contributed by atoms with Crippen LogP contribution in [0.2, 0.25) is 0 Å². The Hall–Kier alpha value is -14.3. The quantitative estimate of drug-likeness (QED) is 0.00892. The molecule has 585 valence electrons. The van der Waals surface area contributed by atoms with Crippen molar-refractivity contribution in [3.8, 4) is 46.0 Å². The van der Waals surface area contributed by atoms with E-state index >= 15 is 0 Å². The number of aromatic hydroxyl groups is 3. The number of anilines is 4. The van der Waals surface area contributed by atoms with Gasteiger partial charge in [0.05, 0.1) is 75.3 Å². The second-order valence-corrected chi connectivity index (χ2v) is 28.7. The first kappa shape index (κ1) is 83.2. The molecule has 0 aliphatic rings. The SMILES string of the molecule is COc1ccc(N=Nc2cc(N=Nc3c(O)cc(S(=O)(=O)O)c4cc([N+](=O)[O-])ccc34)c(O)c(N=Nc3ccc(Nc4ccccc4)c(S(=O)(=O)O)c3)c2O)cc1.COc1ccccc1N=Nc1cc(N=Nc2c([O-])cc(S(=O)(=O)O)c3cc([N+](=O)[O-])ccc23)c([O-])c(N=Nc2ccc(Nc3ccccc3)c(S(=O)(=O)O)c2)c1[O-].[Fe+3]. The molecule has 12 rings (SSSR count). The van der Waals surface area contributed by atoms with E-state index in [0.717, 1.165) is 60.7 Å². The molecule has 0 saturated heterocycles. The molecule has 9 N–H and O–H groups in total. The predicted molar refractivity (Wildman–Crippen MR) is 400 cm³/mol. The Kier molecular flexibility index (Phi) is 25.0. The van der Waals surface area contributed by atoms with Crippen LogP contribution in [0.5, 0.6) is 46.0 Å². The summed E-state index contributed by atoms with van der Waals surface area (Å²) in [7, 11) is -16.9. The molecule has 0 atom stereocenters. The van der Waals surface area contributed by atoms with Gasteiger partial charge in [-0.2, -0.15) is 69.5 Å². The number of benzene rings is 12. The second kappa shape index (κ2) is 34.5. The summed E-state index contributed by atoms with van der Waals surface area (Å²) in [5, 5.41) is 148. The third-order valence-electron chi connectivity index (χ3n) is 15.7. The molecule has 0 spiro atoms. The minimum atomic E-state index is -5.08. The molecule has 0 bridgehead atoms. The molecule has 0 aliphatic heterocycles. The average molecular weight is 1680 g/mol. The molecule has 1 radical (unpaired) electrons. The van der Waals surface area contributed by atoms with E-state index in [2.05, 4.69) is 72.0 Å². The van der Waals surface area contributed by atoms with E-state index < -0.39 is 166 Å². The summed E-state index contributed by atoms with van der Waals surface area (Å²) in [6.45, 7) is 0. The van der Waals surface area contributed by atoms with Crippen LogP contribution in [-0.4, -0.2) is 91.3 Å². The number of para-hydroxylation sites is 3. The smallest absolute Gasteiger partial charge is 0.871 e. The Morgan fingerprint density at radius 3 is 1.23 bits per heavy atom. The Morgan fingerprint density at radius 1 is 0.357 bits per heavy atom. The number of hydrogen-bond acceptors (Lipinski definition) is 34. The van der Waals surface area contributed by atoms with Crippen LogP contribution in [0.4, 0.5) is 102 Å². The maximum atomic E-state index is 13.7. The van der Waals surface area contributed by atoms with Crippen LogP contribution in [0.1, 0.15) is 0 Å². The van der Waals surface area contributed by atoms with Gasteiger partial charge in [-0.3, -0.25) is 38.4 Å². The van der Waals surface area contributed by atoms with Gasteiger partial charge in [0.1, 0.15) is 59.6 Å². The van der Waals surface area contributed by atoms with Crippen molar-refractivity contribution in [2.75, 3.05) is 24.9 Å². The number of nitro benzene ring substituents is 2. The van der Waals surface area contributed by atoms with E-state index in [9.17, 15) is 103 Å². The van der Waals surface area contributed by atoms with Crippen LogP contribution in [-0.2, 0) is 57.5 Å². The fourth-order valence-corrected chi connectivity index (χ4v) is 13.1. The molecule has 12 aromatic rings. The summed E-state index contributed by atoms with van der Waals surface area (Å²) in [4.78, 5) is 18.2. The largest absolute Gasteiger partial charge is 3.00 e. The van der Waals surface area contributed by atoms with Crippen molar-refractivity contribution in [1.82, 2.24) is 0 Å². The summed E-state index contributed by atoms with van der Waals surface area (Å²) in [6.07, 6.45) is 0. The molecule has 0 unspecified atom stereocenters. The summed E-state index contributed by atoms with van der Waals surface area (Å²) >= 11 is 0. The molecule has 0 aromatic heterocycles. The van der Waals surface area contributed by atoms with Crippen LogP contribution >= 0.6 is 0 Å². The van der Waals surface area contributed by atoms with Crippen LogP contribution in [0.15, 0.2) is 287 Å². The number of methoxy groups -OCH3 is 2. The standard InChI is InChI=1S/2C35H26N8O12S2.Fe/c1-55-29-10-6-5-9-24(29)38-39-26-17-27(40-41-32-22-13-12-21(43(47)48)16-23(22)30(18-28(32)44)56(49,50)51)35(46)33(34(26)45)42-37-20-11-14-25(31(15-20)57(52,53)54)36-19-7-3-2-4-8-19;1-55-23-11-7-20(8-12-23)37-39-27-17-28(40-41-32-24-13-10-22(43(47)48)16-25(24)30(18-29(32)44)56(49,50)51)35(46)33(34(27)45)42-38-21-9-14-26(31(15-21)57(52,53)54)36-19-5-3-2-4-6-19;/h2*2-18,36,44-46H,1H3,(H,49,50,51)(H,52,53,54);/q;;+3/p-3. The third-order valence-corrected chi connectivity index (χ3v) is 19.3. The summed E-state index contributed by atoms with van der Waals surface area (Å²) < 4.78 is 147. The van der Waals surface area contributed by atoms with Gasteiger partial charge in [0.15, 0.2) is 17.2 Å². The van der Waals surface area contributed by atoms with Crippen LogP contribution < -0.4 is 35.4 Å². The Balaban J connectivity index is 0.000000241. The number of ether oxygens (including phenoxy) is 2. The monoisotopic (exact) mass is 1680 g/mol. The summed E-state index contributed by atoms with van der Waals surface area (Å²) in [6, 6.07) is 45.0. The number of nitro groups is 2. The molecule has 0 aliphatic carbocycles. The van der Waals surface area contributed by atoms with Gasteiger partial charge < -0.3 is 50.7 Å². The number of azo groups is 6. The molecule has 45 heteroatoms.